The molecule has 0 bridgehead atoms. The number of hydrogen-bond donors (Lipinski definition) is 1. The molecule has 0 fully saturated rings. The van der Waals surface area contributed by atoms with Crippen LogP contribution in [0.25, 0.3) is 5.78 Å². The third kappa shape index (κ3) is 0.922. The second-order valence-electron chi connectivity index (χ2n) is 2.87. The molecule has 2 heterocycles. The molecule has 0 aliphatic rings. The number of nitrogens with two attached hydrogens (primary N) is 1. The van der Waals surface area contributed by atoms with E-state index in [1.54, 1.807) is 0 Å². The highest BCUT2D eigenvalue weighted by Crippen LogP contribution is 2.09. The van der Waals surface area contributed by atoms with Gasteiger partial charge in [0, 0.05) is 12.4 Å². The number of hydrogen-bond acceptors (Lipinski definition) is 3. The van der Waals surface area contributed by atoms with E-state index in [9.17, 15) is 0 Å². The molecule has 0 radical (unpaired) electrons. The molecule has 2 aromatic heterocycles. The van der Waals surface area contributed by atoms with Crippen molar-refractivity contribution in [3.63, 3.8) is 0 Å². The van der Waals surface area contributed by atoms with Gasteiger partial charge in [0.25, 0.3) is 0 Å². The number of anilines is 1. The van der Waals surface area contributed by atoms with Crippen LogP contribution in [0, 0.1) is 13.8 Å². The summed E-state index contributed by atoms with van der Waals surface area (Å²) in [5, 5.41) is 0. The largest absolute Gasteiger partial charge is 0.396 e. The fourth-order valence-corrected chi connectivity index (χ4v) is 1.14. The van der Waals surface area contributed by atoms with Crippen molar-refractivity contribution in [2.24, 2.45) is 0 Å². The van der Waals surface area contributed by atoms with Crippen LogP contribution in [0.5, 0.6) is 0 Å². The van der Waals surface area contributed by atoms with Crippen molar-refractivity contribution in [1.29, 1.82) is 0 Å². The van der Waals surface area contributed by atoms with E-state index < -0.39 is 0 Å². The predicted octanol–water partition coefficient (Wildman–Crippen LogP) is 0.928. The highest BCUT2D eigenvalue weighted by atomic mass is 15.1. The minimum absolute atomic E-state index is 0.694. The summed E-state index contributed by atoms with van der Waals surface area (Å²) >= 11 is 0. The van der Waals surface area contributed by atoms with Gasteiger partial charge in [-0.05, 0) is 13.8 Å². The summed E-state index contributed by atoms with van der Waals surface area (Å²) in [5.74, 6) is 0.708. The van der Waals surface area contributed by atoms with E-state index in [0.717, 1.165) is 11.4 Å². The van der Waals surface area contributed by atoms with Crippen molar-refractivity contribution in [2.45, 2.75) is 13.8 Å². The monoisotopic (exact) mass is 162 g/mol. The van der Waals surface area contributed by atoms with Gasteiger partial charge in [0.15, 0.2) is 0 Å². The lowest BCUT2D eigenvalue weighted by Gasteiger charge is -1.98. The van der Waals surface area contributed by atoms with Crippen molar-refractivity contribution in [2.75, 3.05) is 5.73 Å². The van der Waals surface area contributed by atoms with Crippen LogP contribution in [0.2, 0.25) is 0 Å². The third-order valence-electron chi connectivity index (χ3n) is 1.80. The second-order valence-corrected chi connectivity index (χ2v) is 2.87. The molecule has 2 aromatic rings. The first kappa shape index (κ1) is 7.09. The predicted molar refractivity (Wildman–Crippen MR) is 46.9 cm³/mol. The zero-order valence-corrected chi connectivity index (χ0v) is 7.07. The van der Waals surface area contributed by atoms with E-state index in [4.69, 9.17) is 5.73 Å². The molecule has 0 unspecified atom stereocenters. The Hall–Kier alpha value is -1.58. The van der Waals surface area contributed by atoms with Crippen molar-refractivity contribution >= 4 is 11.5 Å². The molecule has 0 saturated carbocycles. The maximum absolute atomic E-state index is 5.68. The lowest BCUT2D eigenvalue weighted by atomic mass is 10.4. The first-order valence-corrected chi connectivity index (χ1v) is 3.75. The summed E-state index contributed by atoms with van der Waals surface area (Å²) in [4.78, 5) is 8.43. The van der Waals surface area contributed by atoms with E-state index >= 15 is 0 Å². The zero-order chi connectivity index (χ0) is 8.72. The fraction of sp³-hybridized carbons (Fsp3) is 0.250. The van der Waals surface area contributed by atoms with Crippen LogP contribution in [0.3, 0.4) is 0 Å². The van der Waals surface area contributed by atoms with Crippen LogP contribution in [-0.4, -0.2) is 14.4 Å². The lowest BCUT2D eigenvalue weighted by Crippen LogP contribution is -1.97. The Morgan fingerprint density at radius 2 is 2.00 bits per heavy atom. The Kier molecular flexibility index (Phi) is 1.30. The topological polar surface area (TPSA) is 56.2 Å². The van der Waals surface area contributed by atoms with Gasteiger partial charge in [0.2, 0.25) is 5.78 Å². The average molecular weight is 162 g/mol. The molecule has 4 nitrogen and oxygen atoms in total. The second kappa shape index (κ2) is 2.20. The highest BCUT2D eigenvalue weighted by Gasteiger charge is 2.01. The van der Waals surface area contributed by atoms with E-state index in [1.807, 2.05) is 30.6 Å². The molecule has 0 amide bonds. The third-order valence-corrected chi connectivity index (χ3v) is 1.80. The Morgan fingerprint density at radius 1 is 1.25 bits per heavy atom. The van der Waals surface area contributed by atoms with Crippen molar-refractivity contribution in [3.8, 4) is 0 Å². The molecule has 0 aliphatic carbocycles. The Balaban J connectivity index is 2.83. The number of aryl methyl sites for hydroxylation is 2. The maximum Gasteiger partial charge on any atom is 0.234 e. The molecule has 4 heteroatoms. The number of imidazole rings is 1. The quantitative estimate of drug-likeness (QED) is 0.627. The van der Waals surface area contributed by atoms with Crippen molar-refractivity contribution in [1.82, 2.24) is 14.4 Å². The highest BCUT2D eigenvalue weighted by molar-refractivity contribution is 5.45. The van der Waals surface area contributed by atoms with E-state index in [0.29, 0.717) is 11.5 Å². The van der Waals surface area contributed by atoms with Crippen LogP contribution >= 0.6 is 0 Å². The standard InChI is InChI=1S/C8H10N4/c1-5-3-12-4-7(9)6(2)11-8(12)10-5/h3-4H,9H2,1-2H3. The summed E-state index contributed by atoms with van der Waals surface area (Å²) in [7, 11) is 0. The normalized spacial score (nSPS) is 10.8. The summed E-state index contributed by atoms with van der Waals surface area (Å²) in [5.41, 5.74) is 8.16. The summed E-state index contributed by atoms with van der Waals surface area (Å²) in [6.45, 7) is 3.81. The summed E-state index contributed by atoms with van der Waals surface area (Å²) in [6.07, 6.45) is 3.73. The molecular weight excluding hydrogens is 152 g/mol. The molecule has 0 aromatic carbocycles. The van der Waals surface area contributed by atoms with Crippen LogP contribution in [0.1, 0.15) is 11.4 Å². The SMILES string of the molecule is Cc1cn2cc(N)c(C)nc2n1. The zero-order valence-electron chi connectivity index (χ0n) is 7.07. The smallest absolute Gasteiger partial charge is 0.234 e. The number of fused-ring (bicyclic) bond motifs is 1. The van der Waals surface area contributed by atoms with Crippen LogP contribution in [0.4, 0.5) is 5.69 Å². The first-order chi connectivity index (χ1) is 5.66. The molecule has 62 valence electrons. The van der Waals surface area contributed by atoms with Crippen LogP contribution < -0.4 is 5.73 Å². The van der Waals surface area contributed by atoms with Gasteiger partial charge in [0.05, 0.1) is 17.1 Å². The van der Waals surface area contributed by atoms with Gasteiger partial charge < -0.3 is 5.73 Å². The van der Waals surface area contributed by atoms with Gasteiger partial charge in [-0.3, -0.25) is 4.40 Å². The lowest BCUT2D eigenvalue weighted by molar-refractivity contribution is 1.07. The number of nitrogens with zero attached hydrogens (tertiary/aromatic N) is 3. The molecule has 0 atom stereocenters. The summed E-state index contributed by atoms with van der Waals surface area (Å²) < 4.78 is 1.83. The van der Waals surface area contributed by atoms with Gasteiger partial charge in [-0.1, -0.05) is 0 Å². The van der Waals surface area contributed by atoms with Gasteiger partial charge in [0.1, 0.15) is 0 Å². The average Bonchev–Trinajstić information content (AvgIpc) is 2.30. The van der Waals surface area contributed by atoms with Gasteiger partial charge in [-0.25, -0.2) is 9.97 Å². The molecule has 12 heavy (non-hydrogen) atoms. The molecule has 0 saturated heterocycles. The minimum atomic E-state index is 0.694. The Morgan fingerprint density at radius 3 is 2.75 bits per heavy atom. The van der Waals surface area contributed by atoms with Crippen molar-refractivity contribution in [3.05, 3.63) is 23.8 Å². The summed E-state index contributed by atoms with van der Waals surface area (Å²) in [6, 6.07) is 0. The van der Waals surface area contributed by atoms with Crippen LogP contribution in [-0.2, 0) is 0 Å². The minimum Gasteiger partial charge on any atom is -0.396 e. The van der Waals surface area contributed by atoms with Crippen LogP contribution in [0.15, 0.2) is 12.4 Å². The molecule has 0 aliphatic heterocycles. The number of aromatic nitrogens is 3. The van der Waals surface area contributed by atoms with Gasteiger partial charge in [-0.2, -0.15) is 0 Å². The van der Waals surface area contributed by atoms with Crippen molar-refractivity contribution < 1.29 is 0 Å². The molecule has 2 N–H and O–H groups in total. The van der Waals surface area contributed by atoms with Gasteiger partial charge in [-0.15, -0.1) is 0 Å². The molecule has 0 spiro atoms. The van der Waals surface area contributed by atoms with E-state index in [2.05, 4.69) is 9.97 Å². The fourth-order valence-electron chi connectivity index (χ4n) is 1.14. The first-order valence-electron chi connectivity index (χ1n) is 3.75. The number of rotatable bonds is 0. The van der Waals surface area contributed by atoms with E-state index in [1.165, 1.54) is 0 Å². The Labute approximate surface area is 70.1 Å². The van der Waals surface area contributed by atoms with E-state index in [-0.39, 0.29) is 0 Å². The number of nitrogen functional groups attached to an aromatic ring is 1. The van der Waals surface area contributed by atoms with Gasteiger partial charge >= 0.3 is 0 Å². The maximum atomic E-state index is 5.68. The molecular formula is C8H10N4. The Bertz CT molecular complexity index is 391. The molecule has 2 rings (SSSR count).